The van der Waals surface area contributed by atoms with E-state index in [2.05, 4.69) is 17.4 Å². The van der Waals surface area contributed by atoms with Crippen LogP contribution in [-0.4, -0.2) is 55.4 Å². The Hall–Kier alpha value is -2.08. The van der Waals surface area contributed by atoms with E-state index < -0.39 is 11.9 Å². The van der Waals surface area contributed by atoms with Crippen molar-refractivity contribution in [2.24, 2.45) is 5.92 Å². The summed E-state index contributed by atoms with van der Waals surface area (Å²) >= 11 is 0. The summed E-state index contributed by atoms with van der Waals surface area (Å²) in [5.74, 6) is -1.48. The Morgan fingerprint density at radius 3 is 2.61 bits per heavy atom. The molecule has 2 N–H and O–H groups in total. The van der Waals surface area contributed by atoms with E-state index >= 15 is 0 Å². The summed E-state index contributed by atoms with van der Waals surface area (Å²) in [5, 5.41) is 11.6. The predicted octanol–water partition coefficient (Wildman–Crippen LogP) is 2.00. The molecular weight excluding hydrogens is 296 g/mol. The number of benzene rings is 1. The van der Waals surface area contributed by atoms with Crippen molar-refractivity contribution < 1.29 is 19.4 Å². The summed E-state index contributed by atoms with van der Waals surface area (Å²) < 4.78 is 5.53. The van der Waals surface area contributed by atoms with Gasteiger partial charge in [0.1, 0.15) is 0 Å². The summed E-state index contributed by atoms with van der Waals surface area (Å²) in [7, 11) is 1.59. The van der Waals surface area contributed by atoms with E-state index in [0.29, 0.717) is 19.8 Å². The zero-order chi connectivity index (χ0) is 17.1. The number of carbonyl (C=O) groups is 2. The maximum absolute atomic E-state index is 11.8. The number of urea groups is 1. The summed E-state index contributed by atoms with van der Waals surface area (Å²) in [6.07, 6.45) is 1.60. The minimum atomic E-state index is -0.906. The molecule has 6 nitrogen and oxygen atoms in total. The standard InChI is InChI=1S/C17H26N2O4/c1-14(16(20)21)13-19(2)17(22)18-10-6-11-23-12-9-15-7-4-3-5-8-15/h3-5,7-8,14H,6,9-13H2,1-2H3,(H,18,22)(H,20,21). The SMILES string of the molecule is CC(CN(C)C(=O)NCCCOCCc1ccccc1)C(=O)O. The van der Waals surface area contributed by atoms with E-state index in [-0.39, 0.29) is 12.6 Å². The molecule has 1 rings (SSSR count). The van der Waals surface area contributed by atoms with Crippen LogP contribution in [0, 0.1) is 5.92 Å². The number of hydrogen-bond donors (Lipinski definition) is 2. The second kappa shape index (κ2) is 10.6. The highest BCUT2D eigenvalue weighted by Gasteiger charge is 2.16. The smallest absolute Gasteiger partial charge is 0.317 e. The predicted molar refractivity (Wildman–Crippen MR) is 88.4 cm³/mol. The molecular formula is C17H26N2O4. The third-order valence-corrected chi connectivity index (χ3v) is 3.44. The lowest BCUT2D eigenvalue weighted by atomic mass is 10.2. The average molecular weight is 322 g/mol. The van der Waals surface area contributed by atoms with Gasteiger partial charge in [-0.2, -0.15) is 0 Å². The topological polar surface area (TPSA) is 78.9 Å². The van der Waals surface area contributed by atoms with Crippen molar-refractivity contribution in [2.75, 3.05) is 33.4 Å². The normalized spacial score (nSPS) is 11.7. The lowest BCUT2D eigenvalue weighted by molar-refractivity contribution is -0.141. The van der Waals surface area contributed by atoms with Gasteiger partial charge in [0.25, 0.3) is 0 Å². The van der Waals surface area contributed by atoms with Gasteiger partial charge >= 0.3 is 12.0 Å². The lowest BCUT2D eigenvalue weighted by Gasteiger charge is -2.19. The van der Waals surface area contributed by atoms with Gasteiger partial charge < -0.3 is 20.1 Å². The molecule has 0 saturated carbocycles. The second-order valence-electron chi connectivity index (χ2n) is 5.55. The van der Waals surface area contributed by atoms with Crippen LogP contribution in [0.15, 0.2) is 30.3 Å². The van der Waals surface area contributed by atoms with Crippen LogP contribution in [0.2, 0.25) is 0 Å². The molecule has 6 heteroatoms. The van der Waals surface area contributed by atoms with Gasteiger partial charge in [-0.25, -0.2) is 4.79 Å². The number of nitrogens with one attached hydrogen (secondary N) is 1. The first-order valence-electron chi connectivity index (χ1n) is 7.84. The van der Waals surface area contributed by atoms with E-state index in [0.717, 1.165) is 12.8 Å². The van der Waals surface area contributed by atoms with Crippen molar-refractivity contribution in [1.82, 2.24) is 10.2 Å². The van der Waals surface area contributed by atoms with Crippen molar-refractivity contribution in [3.63, 3.8) is 0 Å². The summed E-state index contributed by atoms with van der Waals surface area (Å²) in [4.78, 5) is 23.9. The van der Waals surface area contributed by atoms with E-state index in [1.165, 1.54) is 10.5 Å². The van der Waals surface area contributed by atoms with Crippen molar-refractivity contribution in [2.45, 2.75) is 19.8 Å². The van der Waals surface area contributed by atoms with Gasteiger partial charge in [0.2, 0.25) is 0 Å². The van der Waals surface area contributed by atoms with E-state index in [1.54, 1.807) is 14.0 Å². The summed E-state index contributed by atoms with van der Waals surface area (Å²) in [5.41, 5.74) is 1.25. The highest BCUT2D eigenvalue weighted by atomic mass is 16.5. The average Bonchev–Trinajstić information content (AvgIpc) is 2.54. The second-order valence-corrected chi connectivity index (χ2v) is 5.55. The molecule has 1 unspecified atom stereocenters. The molecule has 2 amide bonds. The monoisotopic (exact) mass is 322 g/mol. The molecule has 0 heterocycles. The zero-order valence-electron chi connectivity index (χ0n) is 13.8. The molecule has 0 aromatic heterocycles. The maximum Gasteiger partial charge on any atom is 0.317 e. The van der Waals surface area contributed by atoms with Gasteiger partial charge in [-0.3, -0.25) is 4.79 Å². The van der Waals surface area contributed by atoms with Gasteiger partial charge in [0.05, 0.1) is 12.5 Å². The molecule has 23 heavy (non-hydrogen) atoms. The molecule has 1 aromatic carbocycles. The van der Waals surface area contributed by atoms with Gasteiger partial charge in [0.15, 0.2) is 0 Å². The number of aliphatic carboxylic acids is 1. The first kappa shape index (κ1) is 19.0. The Labute approximate surface area is 137 Å². The first-order valence-corrected chi connectivity index (χ1v) is 7.84. The van der Waals surface area contributed by atoms with E-state index in [4.69, 9.17) is 9.84 Å². The van der Waals surface area contributed by atoms with Crippen LogP contribution >= 0.6 is 0 Å². The van der Waals surface area contributed by atoms with E-state index in [1.807, 2.05) is 18.2 Å². The van der Waals surface area contributed by atoms with Crippen molar-refractivity contribution >= 4 is 12.0 Å². The molecule has 0 fully saturated rings. The molecule has 0 radical (unpaired) electrons. The van der Waals surface area contributed by atoms with Crippen LogP contribution in [-0.2, 0) is 16.0 Å². The highest BCUT2D eigenvalue weighted by molar-refractivity contribution is 5.75. The Morgan fingerprint density at radius 1 is 1.26 bits per heavy atom. The Balaban J connectivity index is 2.03. The maximum atomic E-state index is 11.8. The lowest BCUT2D eigenvalue weighted by Crippen LogP contribution is -2.41. The molecule has 1 aromatic rings. The van der Waals surface area contributed by atoms with Gasteiger partial charge in [-0.1, -0.05) is 37.3 Å². The molecule has 0 aliphatic carbocycles. The molecule has 0 bridgehead atoms. The number of hydrogen-bond acceptors (Lipinski definition) is 3. The Kier molecular flexibility index (Phi) is 8.75. The first-order chi connectivity index (χ1) is 11.0. The molecule has 0 spiro atoms. The Bertz CT molecular complexity index is 479. The fraction of sp³-hybridized carbons (Fsp3) is 0.529. The fourth-order valence-corrected chi connectivity index (χ4v) is 2.01. The largest absolute Gasteiger partial charge is 0.481 e. The summed E-state index contributed by atoms with van der Waals surface area (Å²) in [6, 6.07) is 9.87. The minimum absolute atomic E-state index is 0.189. The number of rotatable bonds is 10. The molecule has 0 aliphatic heterocycles. The van der Waals surface area contributed by atoms with Crippen molar-refractivity contribution in [1.29, 1.82) is 0 Å². The quantitative estimate of drug-likeness (QED) is 0.646. The van der Waals surface area contributed by atoms with Crippen LogP contribution in [0.5, 0.6) is 0 Å². The fourth-order valence-electron chi connectivity index (χ4n) is 2.01. The van der Waals surface area contributed by atoms with Crippen LogP contribution in [0.4, 0.5) is 4.79 Å². The van der Waals surface area contributed by atoms with Gasteiger partial charge in [-0.15, -0.1) is 0 Å². The summed E-state index contributed by atoms with van der Waals surface area (Å²) in [6.45, 7) is 3.52. The molecule has 0 saturated heterocycles. The number of nitrogens with zero attached hydrogens (tertiary/aromatic N) is 1. The third-order valence-electron chi connectivity index (χ3n) is 3.44. The van der Waals surface area contributed by atoms with Gasteiger partial charge in [0, 0.05) is 26.7 Å². The molecule has 1 atom stereocenters. The third kappa shape index (κ3) is 8.21. The van der Waals surface area contributed by atoms with Crippen LogP contribution in [0.1, 0.15) is 18.9 Å². The molecule has 128 valence electrons. The number of carboxylic acids is 1. The number of amides is 2. The van der Waals surface area contributed by atoms with E-state index in [9.17, 15) is 9.59 Å². The van der Waals surface area contributed by atoms with Crippen LogP contribution < -0.4 is 5.32 Å². The number of carboxylic acid groups (broad SMARTS) is 1. The van der Waals surface area contributed by atoms with Crippen LogP contribution in [0.3, 0.4) is 0 Å². The zero-order valence-corrected chi connectivity index (χ0v) is 13.8. The minimum Gasteiger partial charge on any atom is -0.481 e. The van der Waals surface area contributed by atoms with Crippen molar-refractivity contribution in [3.8, 4) is 0 Å². The molecule has 0 aliphatic rings. The number of carbonyl (C=O) groups excluding carboxylic acids is 1. The van der Waals surface area contributed by atoms with Gasteiger partial charge in [-0.05, 0) is 18.4 Å². The van der Waals surface area contributed by atoms with Crippen LogP contribution in [0.25, 0.3) is 0 Å². The highest BCUT2D eigenvalue weighted by Crippen LogP contribution is 2.00. The Morgan fingerprint density at radius 2 is 1.96 bits per heavy atom. The van der Waals surface area contributed by atoms with Crippen molar-refractivity contribution in [3.05, 3.63) is 35.9 Å². The number of ether oxygens (including phenoxy) is 1.